The number of para-hydroxylation sites is 1. The number of carbonyl (C=O) groups is 1. The molecule has 0 atom stereocenters. The van der Waals surface area contributed by atoms with Gasteiger partial charge in [0.15, 0.2) is 5.13 Å². The molecule has 3 rings (SSSR count). The molecule has 0 aliphatic carbocycles. The molecule has 152 valence electrons. The summed E-state index contributed by atoms with van der Waals surface area (Å²) in [5.74, 6) is -0.730. The Balaban J connectivity index is 1.84. The first-order valence-electron chi connectivity index (χ1n) is 8.79. The summed E-state index contributed by atoms with van der Waals surface area (Å²) in [5, 5.41) is 11.2. The fraction of sp³-hybridized carbons (Fsp3) is 0.263. The maximum atomic E-state index is 14.0. The molecular formula is C19H19FN4O3S2. The molecule has 2 aromatic heterocycles. The third-order valence-electron chi connectivity index (χ3n) is 4.03. The van der Waals surface area contributed by atoms with Crippen molar-refractivity contribution in [2.24, 2.45) is 0 Å². The van der Waals surface area contributed by atoms with Gasteiger partial charge in [0.25, 0.3) is 5.91 Å². The zero-order valence-corrected chi connectivity index (χ0v) is 17.5. The van der Waals surface area contributed by atoms with E-state index in [9.17, 15) is 19.3 Å². The maximum absolute atomic E-state index is 14.0. The molecule has 7 nitrogen and oxygen atoms in total. The average molecular weight is 435 g/mol. The number of amides is 1. The number of nitrogens with zero attached hydrogens (tertiary/aromatic N) is 4. The zero-order chi connectivity index (χ0) is 21.0. The van der Waals surface area contributed by atoms with Crippen molar-refractivity contribution in [1.82, 2.24) is 9.88 Å². The Hall–Kier alpha value is -2.69. The van der Waals surface area contributed by atoms with Gasteiger partial charge < -0.3 is 4.90 Å². The van der Waals surface area contributed by atoms with E-state index in [1.54, 1.807) is 24.3 Å². The van der Waals surface area contributed by atoms with Crippen LogP contribution in [0.15, 0.2) is 36.4 Å². The first-order chi connectivity index (χ1) is 13.8. The summed E-state index contributed by atoms with van der Waals surface area (Å²) >= 11 is 2.25. The molecule has 0 saturated heterocycles. The van der Waals surface area contributed by atoms with Gasteiger partial charge in [0.1, 0.15) is 11.3 Å². The Morgan fingerprint density at radius 3 is 2.69 bits per heavy atom. The van der Waals surface area contributed by atoms with E-state index in [0.29, 0.717) is 21.3 Å². The number of halogens is 1. The summed E-state index contributed by atoms with van der Waals surface area (Å²) in [6.07, 6.45) is 3.63. The zero-order valence-electron chi connectivity index (χ0n) is 15.9. The van der Waals surface area contributed by atoms with Crippen LogP contribution >= 0.6 is 22.7 Å². The van der Waals surface area contributed by atoms with Crippen LogP contribution in [-0.4, -0.2) is 47.9 Å². The Morgan fingerprint density at radius 1 is 1.24 bits per heavy atom. The van der Waals surface area contributed by atoms with Crippen LogP contribution in [0.3, 0.4) is 0 Å². The van der Waals surface area contributed by atoms with Crippen LogP contribution in [0.25, 0.3) is 16.3 Å². The highest BCUT2D eigenvalue weighted by atomic mass is 32.1. The fourth-order valence-corrected chi connectivity index (χ4v) is 4.37. The minimum atomic E-state index is -0.465. The van der Waals surface area contributed by atoms with Crippen molar-refractivity contribution in [3.05, 3.63) is 57.2 Å². The van der Waals surface area contributed by atoms with Gasteiger partial charge >= 0.3 is 5.00 Å². The minimum Gasteiger partial charge on any atom is -0.309 e. The topological polar surface area (TPSA) is 79.6 Å². The number of hydrogen-bond donors (Lipinski definition) is 0. The fourth-order valence-electron chi connectivity index (χ4n) is 2.64. The second kappa shape index (κ2) is 9.21. The van der Waals surface area contributed by atoms with E-state index in [1.165, 1.54) is 34.4 Å². The molecule has 0 N–H and O–H groups in total. The second-order valence-electron chi connectivity index (χ2n) is 6.50. The predicted molar refractivity (Wildman–Crippen MR) is 115 cm³/mol. The molecule has 0 radical (unpaired) electrons. The van der Waals surface area contributed by atoms with Gasteiger partial charge in [-0.3, -0.25) is 19.8 Å². The summed E-state index contributed by atoms with van der Waals surface area (Å²) in [4.78, 5) is 31.7. The van der Waals surface area contributed by atoms with Gasteiger partial charge in [-0.25, -0.2) is 9.37 Å². The molecule has 3 aromatic rings. The highest BCUT2D eigenvalue weighted by molar-refractivity contribution is 7.22. The second-order valence-corrected chi connectivity index (χ2v) is 8.60. The van der Waals surface area contributed by atoms with E-state index in [4.69, 9.17) is 0 Å². The van der Waals surface area contributed by atoms with Crippen LogP contribution in [0.5, 0.6) is 0 Å². The molecule has 0 saturated carbocycles. The number of carbonyl (C=O) groups excluding carboxylic acids is 1. The van der Waals surface area contributed by atoms with E-state index < -0.39 is 10.7 Å². The lowest BCUT2D eigenvalue weighted by molar-refractivity contribution is -0.380. The van der Waals surface area contributed by atoms with Gasteiger partial charge in [-0.2, -0.15) is 0 Å². The van der Waals surface area contributed by atoms with E-state index in [-0.39, 0.29) is 16.4 Å². The number of thiophene rings is 1. The summed E-state index contributed by atoms with van der Waals surface area (Å²) < 4.78 is 14.7. The molecule has 29 heavy (non-hydrogen) atoms. The third-order valence-corrected chi connectivity index (χ3v) is 6.07. The molecule has 2 heterocycles. The van der Waals surface area contributed by atoms with E-state index in [0.717, 1.165) is 24.3 Å². The first kappa shape index (κ1) is 21.0. The van der Waals surface area contributed by atoms with Crippen molar-refractivity contribution >= 4 is 55.0 Å². The Bertz CT molecular complexity index is 1060. The molecule has 1 aromatic carbocycles. The Morgan fingerprint density at radius 2 is 2.03 bits per heavy atom. The Labute approximate surface area is 174 Å². The number of nitro groups is 1. The molecule has 0 bridgehead atoms. The van der Waals surface area contributed by atoms with Crippen molar-refractivity contribution in [3.63, 3.8) is 0 Å². The third kappa shape index (κ3) is 5.22. The van der Waals surface area contributed by atoms with Crippen molar-refractivity contribution < 1.29 is 14.1 Å². The van der Waals surface area contributed by atoms with Gasteiger partial charge in [-0.05, 0) is 51.3 Å². The SMILES string of the molecule is CN(C)CCCN(C(=O)C=Cc1ccc([N+](=O)[O-])s1)c1nc2c(F)cccc2s1. The van der Waals surface area contributed by atoms with Gasteiger partial charge in [0, 0.05) is 23.6 Å². The smallest absolute Gasteiger partial charge is 0.309 e. The van der Waals surface area contributed by atoms with Crippen molar-refractivity contribution in [3.8, 4) is 0 Å². The minimum absolute atomic E-state index is 0.0154. The largest absolute Gasteiger partial charge is 0.324 e. The number of anilines is 1. The van der Waals surface area contributed by atoms with Crippen molar-refractivity contribution in [1.29, 1.82) is 0 Å². The molecule has 0 aliphatic rings. The van der Waals surface area contributed by atoms with Crippen molar-refractivity contribution in [2.75, 3.05) is 32.1 Å². The van der Waals surface area contributed by atoms with E-state index >= 15 is 0 Å². The van der Waals surface area contributed by atoms with Gasteiger partial charge in [-0.15, -0.1) is 0 Å². The molecule has 0 unspecified atom stereocenters. The van der Waals surface area contributed by atoms with Crippen molar-refractivity contribution in [2.45, 2.75) is 6.42 Å². The summed E-state index contributed by atoms with van der Waals surface area (Å²) in [5.41, 5.74) is 0.246. The van der Waals surface area contributed by atoms with E-state index in [1.807, 2.05) is 19.0 Å². The molecule has 0 aliphatic heterocycles. The standard InChI is InChI=1S/C19H19FN4O3S2/c1-22(2)11-4-12-23(19-21-18-14(20)5-3-6-15(18)29-19)16(25)9-7-13-8-10-17(28-13)24(26)27/h3,5-10H,4,11-12H2,1-2H3. The van der Waals surface area contributed by atoms with Gasteiger partial charge in [0.2, 0.25) is 0 Å². The number of thiazole rings is 1. The van der Waals surface area contributed by atoms with Crippen LogP contribution in [0, 0.1) is 15.9 Å². The van der Waals surface area contributed by atoms with Crippen LogP contribution in [0.4, 0.5) is 14.5 Å². The highest BCUT2D eigenvalue weighted by Gasteiger charge is 2.19. The number of hydrogen-bond acceptors (Lipinski definition) is 7. The summed E-state index contributed by atoms with van der Waals surface area (Å²) in [6.45, 7) is 1.21. The maximum Gasteiger partial charge on any atom is 0.324 e. The van der Waals surface area contributed by atoms with Crippen LogP contribution < -0.4 is 4.90 Å². The Kier molecular flexibility index (Phi) is 6.68. The number of benzene rings is 1. The molecular weight excluding hydrogens is 415 g/mol. The normalized spacial score (nSPS) is 11.6. The predicted octanol–water partition coefficient (Wildman–Crippen LogP) is 4.40. The van der Waals surface area contributed by atoms with Crippen LogP contribution in [0.2, 0.25) is 0 Å². The lowest BCUT2D eigenvalue weighted by Gasteiger charge is -2.19. The monoisotopic (exact) mass is 434 g/mol. The van der Waals surface area contributed by atoms with Gasteiger partial charge in [-0.1, -0.05) is 28.7 Å². The number of fused-ring (bicyclic) bond motifs is 1. The highest BCUT2D eigenvalue weighted by Crippen LogP contribution is 2.31. The van der Waals surface area contributed by atoms with Gasteiger partial charge in [0.05, 0.1) is 9.62 Å². The summed E-state index contributed by atoms with van der Waals surface area (Å²) in [6, 6.07) is 7.72. The first-order valence-corrected chi connectivity index (χ1v) is 10.4. The number of aromatic nitrogens is 1. The molecule has 0 spiro atoms. The lowest BCUT2D eigenvalue weighted by Crippen LogP contribution is -2.32. The van der Waals surface area contributed by atoms with E-state index in [2.05, 4.69) is 4.98 Å². The quantitative estimate of drug-likeness (QED) is 0.298. The number of rotatable bonds is 8. The van der Waals surface area contributed by atoms with Crippen LogP contribution in [-0.2, 0) is 4.79 Å². The molecule has 0 fully saturated rings. The summed E-state index contributed by atoms with van der Waals surface area (Å²) in [7, 11) is 3.89. The molecule has 10 heteroatoms. The average Bonchev–Trinajstić information content (AvgIpc) is 3.31. The lowest BCUT2D eigenvalue weighted by atomic mass is 10.3. The van der Waals surface area contributed by atoms with Crippen LogP contribution in [0.1, 0.15) is 11.3 Å². The molecule has 1 amide bonds.